The van der Waals surface area contributed by atoms with Crippen molar-refractivity contribution in [3.05, 3.63) is 206 Å². The van der Waals surface area contributed by atoms with Crippen LogP contribution in [0.5, 0.6) is 0 Å². The van der Waals surface area contributed by atoms with Crippen molar-refractivity contribution in [3.63, 3.8) is 0 Å². The highest BCUT2D eigenvalue weighted by Crippen LogP contribution is 2.48. The van der Waals surface area contributed by atoms with Crippen LogP contribution < -0.4 is 0 Å². The molecule has 0 saturated carbocycles. The Morgan fingerprint density at radius 1 is 0.167 bits per heavy atom. The number of fused-ring (bicyclic) bond motifs is 7. The summed E-state index contributed by atoms with van der Waals surface area (Å²) in [6, 6.07) is 76.1. The minimum absolute atomic E-state index is 1.22. The monoisotopic (exact) mass is 682 g/mol. The summed E-state index contributed by atoms with van der Waals surface area (Å²) in [4.78, 5) is 0. The average molecular weight is 683 g/mol. The molecule has 0 amide bonds. The molecular formula is C54H34. The maximum absolute atomic E-state index is 2.48. The van der Waals surface area contributed by atoms with Crippen molar-refractivity contribution in [1.29, 1.82) is 0 Å². The second-order valence-electron chi connectivity index (χ2n) is 14.4. The molecule has 11 aromatic carbocycles. The first kappa shape index (κ1) is 30.6. The zero-order valence-electron chi connectivity index (χ0n) is 29.6. The van der Waals surface area contributed by atoms with Gasteiger partial charge in [-0.25, -0.2) is 0 Å². The summed E-state index contributed by atoms with van der Waals surface area (Å²) in [5, 5.41) is 15.2. The fourth-order valence-corrected chi connectivity index (χ4v) is 9.08. The molecule has 0 saturated heterocycles. The Bertz CT molecular complexity index is 3190. The minimum atomic E-state index is 1.22. The van der Waals surface area contributed by atoms with E-state index in [-0.39, 0.29) is 0 Å². The average Bonchev–Trinajstić information content (AvgIpc) is 3.24. The molecular weight excluding hydrogens is 649 g/mol. The van der Waals surface area contributed by atoms with Gasteiger partial charge >= 0.3 is 0 Å². The van der Waals surface area contributed by atoms with E-state index in [2.05, 4.69) is 206 Å². The van der Waals surface area contributed by atoms with E-state index in [0.29, 0.717) is 0 Å². The van der Waals surface area contributed by atoms with E-state index in [1.165, 1.54) is 109 Å². The highest BCUT2D eigenvalue weighted by atomic mass is 14.2. The van der Waals surface area contributed by atoms with Gasteiger partial charge in [0.15, 0.2) is 0 Å². The molecule has 11 aromatic rings. The number of benzene rings is 11. The topological polar surface area (TPSA) is 0 Å². The van der Waals surface area contributed by atoms with Crippen LogP contribution >= 0.6 is 0 Å². The van der Waals surface area contributed by atoms with E-state index < -0.39 is 0 Å². The lowest BCUT2D eigenvalue weighted by Gasteiger charge is -2.21. The first-order chi connectivity index (χ1) is 26.8. The van der Waals surface area contributed by atoms with E-state index >= 15 is 0 Å². The van der Waals surface area contributed by atoms with Crippen molar-refractivity contribution >= 4 is 64.6 Å². The molecule has 0 atom stereocenters. The van der Waals surface area contributed by atoms with Gasteiger partial charge in [0.25, 0.3) is 0 Å². The van der Waals surface area contributed by atoms with Gasteiger partial charge in [-0.15, -0.1) is 0 Å². The van der Waals surface area contributed by atoms with E-state index in [1.807, 2.05) is 0 Å². The SMILES string of the molecule is c1ccc(-c2c3ccccc3c(-c3ccc4c(-c5ccccc5)c5ccccc5c(-c5ccc6c(ccc7ccccc76)c5)c4c3)c3ccccc23)cc1. The van der Waals surface area contributed by atoms with Crippen molar-refractivity contribution in [1.82, 2.24) is 0 Å². The summed E-state index contributed by atoms with van der Waals surface area (Å²) >= 11 is 0. The fourth-order valence-electron chi connectivity index (χ4n) is 9.08. The van der Waals surface area contributed by atoms with Crippen molar-refractivity contribution in [2.24, 2.45) is 0 Å². The zero-order chi connectivity index (χ0) is 35.6. The summed E-state index contributed by atoms with van der Waals surface area (Å²) in [6.45, 7) is 0. The van der Waals surface area contributed by atoms with Gasteiger partial charge in [0.1, 0.15) is 0 Å². The van der Waals surface area contributed by atoms with Gasteiger partial charge in [-0.1, -0.05) is 194 Å². The molecule has 0 fully saturated rings. The molecule has 250 valence electrons. The molecule has 54 heavy (non-hydrogen) atoms. The number of hydrogen-bond donors (Lipinski definition) is 0. The molecule has 0 radical (unpaired) electrons. The Kier molecular flexibility index (Phi) is 6.97. The van der Waals surface area contributed by atoms with Crippen LogP contribution in [-0.2, 0) is 0 Å². The predicted octanol–water partition coefficient (Wildman–Crippen LogP) is 15.3. The van der Waals surface area contributed by atoms with Crippen LogP contribution in [0.4, 0.5) is 0 Å². The number of rotatable bonds is 4. The summed E-state index contributed by atoms with van der Waals surface area (Å²) in [5.41, 5.74) is 10.0. The third-order valence-corrected chi connectivity index (χ3v) is 11.4. The van der Waals surface area contributed by atoms with Crippen LogP contribution in [0.1, 0.15) is 0 Å². The van der Waals surface area contributed by atoms with Crippen LogP contribution in [0.2, 0.25) is 0 Å². The zero-order valence-corrected chi connectivity index (χ0v) is 29.6. The van der Waals surface area contributed by atoms with Gasteiger partial charge in [-0.2, -0.15) is 0 Å². The van der Waals surface area contributed by atoms with Crippen LogP contribution in [0.3, 0.4) is 0 Å². The molecule has 0 N–H and O–H groups in total. The molecule has 0 aliphatic rings. The highest BCUT2D eigenvalue weighted by Gasteiger charge is 2.21. The Morgan fingerprint density at radius 2 is 0.500 bits per heavy atom. The highest BCUT2D eigenvalue weighted by molar-refractivity contribution is 6.25. The first-order valence-electron chi connectivity index (χ1n) is 18.8. The largest absolute Gasteiger partial charge is 0.0622 e. The summed E-state index contributed by atoms with van der Waals surface area (Å²) in [5.74, 6) is 0. The molecule has 0 aliphatic heterocycles. The number of hydrogen-bond acceptors (Lipinski definition) is 0. The quantitative estimate of drug-likeness (QED) is 0.128. The molecule has 0 unspecified atom stereocenters. The Hall–Kier alpha value is -7.02. The van der Waals surface area contributed by atoms with Crippen molar-refractivity contribution < 1.29 is 0 Å². The Labute approximate surface area is 314 Å². The van der Waals surface area contributed by atoms with Gasteiger partial charge in [0, 0.05) is 0 Å². The Morgan fingerprint density at radius 3 is 1.02 bits per heavy atom. The third-order valence-electron chi connectivity index (χ3n) is 11.4. The van der Waals surface area contributed by atoms with Crippen LogP contribution in [0, 0.1) is 0 Å². The summed E-state index contributed by atoms with van der Waals surface area (Å²) in [6.07, 6.45) is 0. The van der Waals surface area contributed by atoms with Crippen LogP contribution in [-0.4, -0.2) is 0 Å². The lowest BCUT2D eigenvalue weighted by atomic mass is 9.82. The molecule has 0 aromatic heterocycles. The van der Waals surface area contributed by atoms with Gasteiger partial charge in [0.2, 0.25) is 0 Å². The maximum atomic E-state index is 2.48. The van der Waals surface area contributed by atoms with E-state index in [0.717, 1.165) is 0 Å². The lowest BCUT2D eigenvalue weighted by molar-refractivity contribution is 1.65. The molecule has 0 aliphatic carbocycles. The van der Waals surface area contributed by atoms with Gasteiger partial charge < -0.3 is 0 Å². The van der Waals surface area contributed by atoms with Crippen molar-refractivity contribution in [3.8, 4) is 44.5 Å². The van der Waals surface area contributed by atoms with Crippen molar-refractivity contribution in [2.75, 3.05) is 0 Å². The summed E-state index contributed by atoms with van der Waals surface area (Å²) in [7, 11) is 0. The standard InChI is InChI=1S/C54H34/c1-3-16-36(17-4-1)51-43-21-9-12-24-46(43)53(47-25-13-10-22-44(47)51)40-30-32-49-50(34-40)54(48-26-14-11-23-45(48)52(49)37-18-5-2-6-19-37)39-29-31-42-38(33-39)28-27-35-15-7-8-20-41(35)42/h1-34H. The fraction of sp³-hybridized carbons (Fsp3) is 0. The van der Waals surface area contributed by atoms with E-state index in [1.54, 1.807) is 0 Å². The predicted molar refractivity (Wildman–Crippen MR) is 233 cm³/mol. The second kappa shape index (κ2) is 12.3. The molecule has 0 heterocycles. The molecule has 0 bridgehead atoms. The summed E-state index contributed by atoms with van der Waals surface area (Å²) < 4.78 is 0. The smallest absolute Gasteiger partial charge is 0.00259 e. The molecule has 0 spiro atoms. The molecule has 0 heteroatoms. The van der Waals surface area contributed by atoms with Gasteiger partial charge in [0.05, 0.1) is 0 Å². The lowest BCUT2D eigenvalue weighted by Crippen LogP contribution is -1.93. The molecule has 11 rings (SSSR count). The maximum Gasteiger partial charge on any atom is -0.00259 e. The first-order valence-corrected chi connectivity index (χ1v) is 18.8. The third kappa shape index (κ3) is 4.71. The Balaban J connectivity index is 1.27. The van der Waals surface area contributed by atoms with Crippen LogP contribution in [0.15, 0.2) is 206 Å². The van der Waals surface area contributed by atoms with E-state index in [9.17, 15) is 0 Å². The second-order valence-corrected chi connectivity index (χ2v) is 14.4. The van der Waals surface area contributed by atoms with Crippen LogP contribution in [0.25, 0.3) is 109 Å². The van der Waals surface area contributed by atoms with E-state index in [4.69, 9.17) is 0 Å². The molecule has 0 nitrogen and oxygen atoms in total. The normalized spacial score (nSPS) is 11.7. The minimum Gasteiger partial charge on any atom is -0.0622 e. The van der Waals surface area contributed by atoms with Crippen molar-refractivity contribution in [2.45, 2.75) is 0 Å². The van der Waals surface area contributed by atoms with Gasteiger partial charge in [-0.3, -0.25) is 0 Å². The van der Waals surface area contributed by atoms with Gasteiger partial charge in [-0.05, 0) is 121 Å².